The molecule has 2 amide bonds. The van der Waals surface area contributed by atoms with E-state index in [0.29, 0.717) is 40.1 Å². The molecule has 0 unspecified atom stereocenters. The summed E-state index contributed by atoms with van der Waals surface area (Å²) in [5, 5.41) is -0.337. The van der Waals surface area contributed by atoms with Crippen molar-refractivity contribution in [2.75, 3.05) is 34.0 Å². The lowest BCUT2D eigenvalue weighted by atomic mass is 10.1. The third-order valence-electron chi connectivity index (χ3n) is 4.32. The zero-order chi connectivity index (χ0) is 21.5. The van der Waals surface area contributed by atoms with Crippen LogP contribution >= 0.6 is 11.8 Å². The van der Waals surface area contributed by atoms with E-state index in [1.54, 1.807) is 44.6 Å². The van der Waals surface area contributed by atoms with Gasteiger partial charge in [-0.25, -0.2) is 0 Å². The smallest absolute Gasteiger partial charge is 0.293 e. The summed E-state index contributed by atoms with van der Waals surface area (Å²) in [6.45, 7) is 2.61. The van der Waals surface area contributed by atoms with Crippen LogP contribution in [0.15, 0.2) is 47.4 Å². The van der Waals surface area contributed by atoms with E-state index in [0.717, 1.165) is 11.8 Å². The number of hydrogen-bond donors (Lipinski definition) is 0. The van der Waals surface area contributed by atoms with Crippen LogP contribution in [0, 0.1) is 0 Å². The van der Waals surface area contributed by atoms with Gasteiger partial charge in [-0.15, -0.1) is 0 Å². The molecule has 0 N–H and O–H groups in total. The van der Waals surface area contributed by atoms with E-state index in [1.165, 1.54) is 4.90 Å². The Balaban J connectivity index is 1.72. The average Bonchev–Trinajstić information content (AvgIpc) is 3.02. The Morgan fingerprint density at radius 2 is 1.63 bits per heavy atom. The molecule has 2 aromatic carbocycles. The van der Waals surface area contributed by atoms with Crippen LogP contribution in [0.25, 0.3) is 6.08 Å². The second kappa shape index (κ2) is 10.1. The number of imide groups is 1. The number of carbonyl (C=O) groups excluding carboxylic acids is 2. The molecule has 8 heteroatoms. The predicted molar refractivity (Wildman–Crippen MR) is 115 cm³/mol. The molecule has 2 aromatic rings. The van der Waals surface area contributed by atoms with Crippen molar-refractivity contribution in [2.45, 2.75) is 6.92 Å². The second-order valence-corrected chi connectivity index (χ2v) is 7.14. The number of rotatable bonds is 9. The van der Waals surface area contributed by atoms with Crippen molar-refractivity contribution >= 4 is 29.0 Å². The van der Waals surface area contributed by atoms with Gasteiger partial charge in [0.2, 0.25) is 0 Å². The molecule has 0 atom stereocenters. The fourth-order valence-electron chi connectivity index (χ4n) is 2.92. The summed E-state index contributed by atoms with van der Waals surface area (Å²) in [5.74, 6) is 1.89. The molecular weight excluding hydrogens is 406 g/mol. The molecule has 3 rings (SSSR count). The van der Waals surface area contributed by atoms with Gasteiger partial charge in [0.25, 0.3) is 11.1 Å². The monoisotopic (exact) mass is 429 g/mol. The van der Waals surface area contributed by atoms with Gasteiger partial charge in [0, 0.05) is 5.56 Å². The maximum Gasteiger partial charge on any atom is 0.293 e. The molecule has 30 heavy (non-hydrogen) atoms. The van der Waals surface area contributed by atoms with Crippen LogP contribution in [0.5, 0.6) is 23.0 Å². The minimum Gasteiger partial charge on any atom is -0.493 e. The van der Waals surface area contributed by atoms with Crippen molar-refractivity contribution in [3.8, 4) is 23.0 Å². The minimum atomic E-state index is -0.362. The summed E-state index contributed by atoms with van der Waals surface area (Å²) >= 11 is 0.893. The van der Waals surface area contributed by atoms with E-state index in [-0.39, 0.29) is 24.3 Å². The third-order valence-corrected chi connectivity index (χ3v) is 5.23. The molecule has 1 aliphatic rings. The Hall–Kier alpha value is -3.13. The van der Waals surface area contributed by atoms with E-state index < -0.39 is 0 Å². The van der Waals surface area contributed by atoms with Crippen LogP contribution in [0.2, 0.25) is 0 Å². The Bertz CT molecular complexity index is 958. The molecular formula is C22H23NO6S. The zero-order valence-electron chi connectivity index (χ0n) is 17.0. The summed E-state index contributed by atoms with van der Waals surface area (Å²) in [5.41, 5.74) is 0.673. The summed E-state index contributed by atoms with van der Waals surface area (Å²) in [7, 11) is 3.11. The van der Waals surface area contributed by atoms with Gasteiger partial charge in [-0.05, 0) is 43.0 Å². The number of ether oxygens (including phenoxy) is 4. The van der Waals surface area contributed by atoms with Gasteiger partial charge in [-0.2, -0.15) is 0 Å². The largest absolute Gasteiger partial charge is 0.493 e. The number of hydrogen-bond acceptors (Lipinski definition) is 7. The first-order valence-electron chi connectivity index (χ1n) is 9.40. The summed E-state index contributed by atoms with van der Waals surface area (Å²) in [6.07, 6.45) is 1.65. The van der Waals surface area contributed by atoms with Gasteiger partial charge in [0.1, 0.15) is 6.61 Å². The highest BCUT2D eigenvalue weighted by atomic mass is 32.2. The van der Waals surface area contributed by atoms with Crippen LogP contribution in [0.1, 0.15) is 12.5 Å². The summed E-state index contributed by atoms with van der Waals surface area (Å²) in [4.78, 5) is 26.6. The van der Waals surface area contributed by atoms with Gasteiger partial charge in [-0.3, -0.25) is 14.5 Å². The minimum absolute atomic E-state index is 0.135. The number of benzene rings is 2. The number of thioether (sulfide) groups is 1. The first-order valence-corrected chi connectivity index (χ1v) is 10.2. The number of methoxy groups -OCH3 is 2. The molecule has 0 spiro atoms. The predicted octanol–water partition coefficient (Wildman–Crippen LogP) is 4.22. The standard InChI is InChI=1S/C22H23NO6S/c1-4-28-20-15(8-7-11-18(20)27-3)14-19-21(24)23(22(25)30-19)12-13-29-17-10-6-5-9-16(17)26-2/h5-11,14H,4,12-13H2,1-3H3/b19-14-. The molecule has 1 heterocycles. The Morgan fingerprint density at radius 1 is 0.933 bits per heavy atom. The highest BCUT2D eigenvalue weighted by Crippen LogP contribution is 2.37. The van der Waals surface area contributed by atoms with Crippen LogP contribution < -0.4 is 18.9 Å². The SMILES string of the molecule is CCOc1c(/C=C2\SC(=O)N(CCOc3ccccc3OC)C2=O)cccc1OC. The quantitative estimate of drug-likeness (QED) is 0.553. The van der Waals surface area contributed by atoms with Crippen molar-refractivity contribution in [3.63, 3.8) is 0 Å². The summed E-state index contributed by atoms with van der Waals surface area (Å²) < 4.78 is 21.9. The Labute approximate surface area is 179 Å². The van der Waals surface area contributed by atoms with Crippen molar-refractivity contribution < 1.29 is 28.5 Å². The number of nitrogens with zero attached hydrogens (tertiary/aromatic N) is 1. The van der Waals surface area contributed by atoms with Crippen molar-refractivity contribution in [2.24, 2.45) is 0 Å². The van der Waals surface area contributed by atoms with Crippen LogP contribution in [-0.4, -0.2) is 50.0 Å². The fraction of sp³-hybridized carbons (Fsp3) is 0.273. The number of para-hydroxylation sites is 3. The van der Waals surface area contributed by atoms with E-state index in [9.17, 15) is 9.59 Å². The summed E-state index contributed by atoms with van der Waals surface area (Å²) in [6, 6.07) is 12.6. The third kappa shape index (κ3) is 4.71. The normalized spacial score (nSPS) is 14.9. The molecule has 158 valence electrons. The topological polar surface area (TPSA) is 74.3 Å². The maximum atomic E-state index is 12.8. The van der Waals surface area contributed by atoms with Crippen LogP contribution in [0.3, 0.4) is 0 Å². The Morgan fingerprint density at radius 3 is 2.33 bits per heavy atom. The van der Waals surface area contributed by atoms with E-state index >= 15 is 0 Å². The lowest BCUT2D eigenvalue weighted by molar-refractivity contribution is -0.123. The van der Waals surface area contributed by atoms with Crippen molar-refractivity contribution in [1.29, 1.82) is 0 Å². The highest BCUT2D eigenvalue weighted by Gasteiger charge is 2.35. The van der Waals surface area contributed by atoms with Gasteiger partial charge >= 0.3 is 0 Å². The van der Waals surface area contributed by atoms with Crippen LogP contribution in [-0.2, 0) is 4.79 Å². The first-order chi connectivity index (χ1) is 14.6. The van der Waals surface area contributed by atoms with E-state index in [4.69, 9.17) is 18.9 Å². The van der Waals surface area contributed by atoms with Gasteiger partial charge in [-0.1, -0.05) is 24.3 Å². The fourth-order valence-corrected chi connectivity index (χ4v) is 3.78. The molecule has 0 bridgehead atoms. The molecule has 1 fully saturated rings. The molecule has 1 saturated heterocycles. The molecule has 0 aliphatic carbocycles. The van der Waals surface area contributed by atoms with Gasteiger partial charge in [0.15, 0.2) is 23.0 Å². The highest BCUT2D eigenvalue weighted by molar-refractivity contribution is 8.18. The second-order valence-electron chi connectivity index (χ2n) is 6.14. The maximum absolute atomic E-state index is 12.8. The van der Waals surface area contributed by atoms with Gasteiger partial charge in [0.05, 0.1) is 32.3 Å². The molecule has 1 aliphatic heterocycles. The van der Waals surface area contributed by atoms with Crippen molar-refractivity contribution in [1.82, 2.24) is 4.90 Å². The number of carbonyl (C=O) groups is 2. The molecule has 0 saturated carbocycles. The lowest BCUT2D eigenvalue weighted by Gasteiger charge is -2.14. The molecule has 0 aromatic heterocycles. The average molecular weight is 429 g/mol. The number of amides is 2. The van der Waals surface area contributed by atoms with Crippen LogP contribution in [0.4, 0.5) is 4.79 Å². The molecule has 0 radical (unpaired) electrons. The zero-order valence-corrected chi connectivity index (χ0v) is 17.9. The van der Waals surface area contributed by atoms with E-state index in [1.807, 2.05) is 25.1 Å². The molecule has 7 nitrogen and oxygen atoms in total. The first kappa shape index (κ1) is 21.6. The lowest BCUT2D eigenvalue weighted by Crippen LogP contribution is -2.32. The van der Waals surface area contributed by atoms with Gasteiger partial charge < -0.3 is 18.9 Å². The Kier molecular flexibility index (Phi) is 7.24. The van der Waals surface area contributed by atoms with Crippen molar-refractivity contribution in [3.05, 3.63) is 52.9 Å². The van der Waals surface area contributed by atoms with E-state index in [2.05, 4.69) is 0 Å².